The topological polar surface area (TPSA) is 93.1 Å². The van der Waals surface area contributed by atoms with Crippen molar-refractivity contribution in [3.63, 3.8) is 0 Å². The second-order valence-corrected chi connectivity index (χ2v) is 7.79. The predicted octanol–water partition coefficient (Wildman–Crippen LogP) is 3.37. The van der Waals surface area contributed by atoms with E-state index in [2.05, 4.69) is 15.2 Å². The molecule has 1 amide bonds. The predicted molar refractivity (Wildman–Crippen MR) is 126 cm³/mol. The summed E-state index contributed by atoms with van der Waals surface area (Å²) >= 11 is 0. The number of carbonyl (C=O) groups excluding carboxylic acids is 2. The Bertz CT molecular complexity index is 1290. The summed E-state index contributed by atoms with van der Waals surface area (Å²) in [6, 6.07) is 16.9. The highest BCUT2D eigenvalue weighted by molar-refractivity contribution is 6.13. The Kier molecular flexibility index (Phi) is 5.58. The van der Waals surface area contributed by atoms with Gasteiger partial charge in [0.15, 0.2) is 5.70 Å². The van der Waals surface area contributed by atoms with Crippen LogP contribution in [0.15, 0.2) is 65.3 Å². The highest BCUT2D eigenvalue weighted by atomic mass is 16.6. The summed E-state index contributed by atoms with van der Waals surface area (Å²) in [6.07, 6.45) is 1.73. The highest BCUT2D eigenvalue weighted by Gasteiger charge is 2.25. The van der Waals surface area contributed by atoms with Gasteiger partial charge in [-0.15, -0.1) is 0 Å². The number of morpholine rings is 1. The zero-order valence-electron chi connectivity index (χ0n) is 18.1. The molecule has 8 heteroatoms. The molecule has 33 heavy (non-hydrogen) atoms. The fourth-order valence-electron chi connectivity index (χ4n) is 3.84. The van der Waals surface area contributed by atoms with Crippen LogP contribution in [-0.2, 0) is 19.1 Å². The number of esters is 1. The molecular weight excluding hydrogens is 420 g/mol. The number of pyridine rings is 1. The fourth-order valence-corrected chi connectivity index (χ4v) is 3.84. The average Bonchev–Trinajstić information content (AvgIpc) is 3.19. The van der Waals surface area contributed by atoms with Gasteiger partial charge >= 0.3 is 5.97 Å². The van der Waals surface area contributed by atoms with Crippen LogP contribution < -0.4 is 10.2 Å². The molecule has 0 radical (unpaired) electrons. The van der Waals surface area contributed by atoms with Crippen LogP contribution >= 0.6 is 0 Å². The monoisotopic (exact) mass is 442 g/mol. The Balaban J connectivity index is 1.51. The normalized spacial score (nSPS) is 17.2. The standard InChI is InChI=1S/C25H22N4O4/c1-16(30)26-20-8-6-17(7-9-20)24-28-22(25(31)33-24)15-19-14-18-4-2-3-5-21(18)27-23(19)29-10-12-32-13-11-29/h2-9,14-15H,10-13H2,1H3,(H,26,30)/b22-15-. The van der Waals surface area contributed by atoms with Crippen LogP contribution in [0, 0.1) is 0 Å². The molecule has 0 unspecified atom stereocenters. The van der Waals surface area contributed by atoms with Gasteiger partial charge in [-0.05, 0) is 42.5 Å². The summed E-state index contributed by atoms with van der Waals surface area (Å²) in [6.45, 7) is 4.15. The fraction of sp³-hybridized carbons (Fsp3) is 0.200. The molecule has 1 aromatic heterocycles. The molecule has 1 saturated heterocycles. The van der Waals surface area contributed by atoms with E-state index in [9.17, 15) is 9.59 Å². The molecule has 5 rings (SSSR count). The van der Waals surface area contributed by atoms with Crippen molar-refractivity contribution in [2.45, 2.75) is 6.92 Å². The first-order chi connectivity index (χ1) is 16.1. The maximum absolute atomic E-state index is 12.6. The maximum atomic E-state index is 12.6. The Morgan fingerprint density at radius 1 is 1.09 bits per heavy atom. The van der Waals surface area contributed by atoms with Gasteiger partial charge < -0.3 is 19.7 Å². The van der Waals surface area contributed by atoms with Crippen LogP contribution in [0.1, 0.15) is 18.1 Å². The van der Waals surface area contributed by atoms with E-state index in [0.29, 0.717) is 24.5 Å². The Labute approximate surface area is 190 Å². The second kappa shape index (κ2) is 8.84. The number of rotatable bonds is 4. The molecule has 1 fully saturated rings. The van der Waals surface area contributed by atoms with Gasteiger partial charge in [0.2, 0.25) is 11.8 Å². The molecule has 0 atom stereocenters. The van der Waals surface area contributed by atoms with Crippen molar-refractivity contribution in [1.82, 2.24) is 4.98 Å². The van der Waals surface area contributed by atoms with Crippen LogP contribution in [0.3, 0.4) is 0 Å². The third-order valence-corrected chi connectivity index (χ3v) is 5.41. The molecule has 2 aliphatic rings. The average molecular weight is 442 g/mol. The summed E-state index contributed by atoms with van der Waals surface area (Å²) in [7, 11) is 0. The highest BCUT2D eigenvalue weighted by Crippen LogP contribution is 2.28. The first-order valence-electron chi connectivity index (χ1n) is 10.7. The number of hydrogen-bond donors (Lipinski definition) is 1. The Hall–Kier alpha value is -4.04. The molecule has 2 aliphatic heterocycles. The quantitative estimate of drug-likeness (QED) is 0.492. The molecule has 3 heterocycles. The second-order valence-electron chi connectivity index (χ2n) is 7.79. The molecule has 166 valence electrons. The van der Waals surface area contributed by atoms with Crippen molar-refractivity contribution in [2.24, 2.45) is 4.99 Å². The van der Waals surface area contributed by atoms with Crippen LogP contribution in [0.2, 0.25) is 0 Å². The lowest BCUT2D eigenvalue weighted by Gasteiger charge is -2.29. The zero-order valence-corrected chi connectivity index (χ0v) is 18.1. The van der Waals surface area contributed by atoms with Gasteiger partial charge in [-0.1, -0.05) is 18.2 Å². The number of nitrogens with zero attached hydrogens (tertiary/aromatic N) is 3. The minimum absolute atomic E-state index is 0.155. The van der Waals surface area contributed by atoms with Crippen LogP contribution in [-0.4, -0.2) is 49.1 Å². The lowest BCUT2D eigenvalue weighted by molar-refractivity contribution is -0.129. The Morgan fingerprint density at radius 3 is 2.61 bits per heavy atom. The molecule has 0 aliphatic carbocycles. The van der Waals surface area contributed by atoms with Crippen molar-refractivity contribution < 1.29 is 19.1 Å². The van der Waals surface area contributed by atoms with E-state index in [4.69, 9.17) is 14.5 Å². The van der Waals surface area contributed by atoms with Gasteiger partial charge in [-0.3, -0.25) is 4.79 Å². The number of aromatic nitrogens is 1. The van der Waals surface area contributed by atoms with E-state index < -0.39 is 5.97 Å². The number of ether oxygens (including phenoxy) is 2. The molecule has 0 saturated carbocycles. The van der Waals surface area contributed by atoms with E-state index in [1.54, 1.807) is 30.3 Å². The summed E-state index contributed by atoms with van der Waals surface area (Å²) in [4.78, 5) is 35.3. The summed E-state index contributed by atoms with van der Waals surface area (Å²) < 4.78 is 10.9. The number of nitrogens with one attached hydrogen (secondary N) is 1. The smallest absolute Gasteiger partial charge is 0.363 e. The number of amides is 1. The number of benzene rings is 2. The molecule has 0 spiro atoms. The van der Waals surface area contributed by atoms with Crippen molar-refractivity contribution >= 4 is 46.3 Å². The number of carbonyl (C=O) groups is 2. The van der Waals surface area contributed by atoms with E-state index in [1.165, 1.54) is 6.92 Å². The van der Waals surface area contributed by atoms with Crippen molar-refractivity contribution in [1.29, 1.82) is 0 Å². The number of cyclic esters (lactones) is 1. The minimum Gasteiger partial charge on any atom is -0.402 e. The molecule has 2 aromatic carbocycles. The van der Waals surface area contributed by atoms with E-state index >= 15 is 0 Å². The largest absolute Gasteiger partial charge is 0.402 e. The summed E-state index contributed by atoms with van der Waals surface area (Å²) in [5.74, 6) is 0.345. The number of hydrogen-bond acceptors (Lipinski definition) is 7. The van der Waals surface area contributed by atoms with Crippen molar-refractivity contribution in [2.75, 3.05) is 36.5 Å². The van der Waals surface area contributed by atoms with Gasteiger partial charge in [0.05, 0.1) is 18.7 Å². The number of aliphatic imine (C=N–C) groups is 1. The molecule has 0 bridgehead atoms. The van der Waals surface area contributed by atoms with Crippen LogP contribution in [0.4, 0.5) is 11.5 Å². The lowest BCUT2D eigenvalue weighted by atomic mass is 10.1. The van der Waals surface area contributed by atoms with Crippen LogP contribution in [0.25, 0.3) is 17.0 Å². The summed E-state index contributed by atoms with van der Waals surface area (Å²) in [5.41, 5.74) is 3.20. The number of para-hydroxylation sites is 1. The Morgan fingerprint density at radius 2 is 1.85 bits per heavy atom. The first kappa shape index (κ1) is 20.8. The molecule has 3 aromatic rings. The molecule has 1 N–H and O–H groups in total. The third-order valence-electron chi connectivity index (χ3n) is 5.41. The van der Waals surface area contributed by atoms with Gasteiger partial charge in [0.25, 0.3) is 0 Å². The first-order valence-corrected chi connectivity index (χ1v) is 10.7. The van der Waals surface area contributed by atoms with Crippen molar-refractivity contribution in [3.05, 3.63) is 71.4 Å². The van der Waals surface area contributed by atoms with Gasteiger partial charge in [-0.25, -0.2) is 14.8 Å². The van der Waals surface area contributed by atoms with E-state index in [0.717, 1.165) is 35.4 Å². The molecular formula is C25H22N4O4. The van der Waals surface area contributed by atoms with E-state index in [1.807, 2.05) is 30.3 Å². The van der Waals surface area contributed by atoms with Gasteiger partial charge in [0, 0.05) is 42.2 Å². The SMILES string of the molecule is CC(=O)Nc1ccc(C2=N/C(=C\c3cc4ccccc4nc3N3CCOCC3)C(=O)O2)cc1. The number of fused-ring (bicyclic) bond motifs is 1. The number of anilines is 2. The van der Waals surface area contributed by atoms with Gasteiger partial charge in [0.1, 0.15) is 5.82 Å². The van der Waals surface area contributed by atoms with Crippen LogP contribution in [0.5, 0.6) is 0 Å². The zero-order chi connectivity index (χ0) is 22.8. The molecule has 8 nitrogen and oxygen atoms in total. The lowest BCUT2D eigenvalue weighted by Crippen LogP contribution is -2.37. The van der Waals surface area contributed by atoms with Crippen molar-refractivity contribution in [3.8, 4) is 0 Å². The van der Waals surface area contributed by atoms with E-state index in [-0.39, 0.29) is 17.5 Å². The summed E-state index contributed by atoms with van der Waals surface area (Å²) in [5, 5.41) is 3.68. The third kappa shape index (κ3) is 4.47. The maximum Gasteiger partial charge on any atom is 0.363 e. The van der Waals surface area contributed by atoms with Gasteiger partial charge in [-0.2, -0.15) is 0 Å². The minimum atomic E-state index is -0.517.